The number of hydrogen-bond donors (Lipinski definition) is 2. The van der Waals surface area contributed by atoms with Crippen LogP contribution in [0.5, 0.6) is 23.0 Å². The van der Waals surface area contributed by atoms with Gasteiger partial charge in [-0.25, -0.2) is 0 Å². The highest BCUT2D eigenvalue weighted by Crippen LogP contribution is 2.40. The van der Waals surface area contributed by atoms with Crippen LogP contribution in [-0.4, -0.2) is 88.1 Å². The SMILES string of the molecule is COc1ccc(CN2CCN(CC(=O)c3ccc(OCC(C)C)c(C(=O)N=C(N)N)c3)CC2)c(OC)c1OC. The van der Waals surface area contributed by atoms with Crippen molar-refractivity contribution < 1.29 is 28.5 Å². The lowest BCUT2D eigenvalue weighted by Gasteiger charge is -2.34. The van der Waals surface area contributed by atoms with Crippen molar-refractivity contribution in [3.05, 3.63) is 47.0 Å². The van der Waals surface area contributed by atoms with Crippen LogP contribution >= 0.6 is 0 Å². The maximum Gasteiger partial charge on any atom is 0.283 e. The lowest BCUT2D eigenvalue weighted by Crippen LogP contribution is -2.47. The molecule has 0 aromatic heterocycles. The third-order valence-corrected chi connectivity index (χ3v) is 6.35. The molecule has 0 atom stereocenters. The van der Waals surface area contributed by atoms with Gasteiger partial charge in [-0.1, -0.05) is 19.9 Å². The third kappa shape index (κ3) is 7.84. The third-order valence-electron chi connectivity index (χ3n) is 6.35. The number of nitrogens with zero attached hydrogens (tertiary/aromatic N) is 3. The normalized spacial score (nSPS) is 14.1. The van der Waals surface area contributed by atoms with E-state index in [1.165, 1.54) is 6.07 Å². The number of ether oxygens (including phenoxy) is 4. The first-order valence-corrected chi connectivity index (χ1v) is 12.8. The Bertz CT molecular complexity index is 1190. The molecule has 4 N–H and O–H groups in total. The number of carbonyl (C=O) groups excluding carboxylic acids is 2. The molecular formula is C28H39N5O6. The molecule has 3 rings (SSSR count). The molecule has 0 radical (unpaired) electrons. The molecule has 0 saturated carbocycles. The Hall–Kier alpha value is -3.83. The summed E-state index contributed by atoms with van der Waals surface area (Å²) in [5, 5.41) is 0. The Morgan fingerprint density at radius 3 is 2.13 bits per heavy atom. The number of piperazine rings is 1. The maximum absolute atomic E-state index is 13.1. The van der Waals surface area contributed by atoms with E-state index in [9.17, 15) is 9.59 Å². The lowest BCUT2D eigenvalue weighted by atomic mass is 10.0. The van der Waals surface area contributed by atoms with Gasteiger partial charge in [-0.15, -0.1) is 0 Å². The van der Waals surface area contributed by atoms with Crippen molar-refractivity contribution in [3.8, 4) is 23.0 Å². The molecule has 1 saturated heterocycles. The summed E-state index contributed by atoms with van der Waals surface area (Å²) in [6, 6.07) is 8.65. The van der Waals surface area contributed by atoms with Crippen molar-refractivity contribution >= 4 is 17.6 Å². The van der Waals surface area contributed by atoms with Crippen LogP contribution in [0.15, 0.2) is 35.3 Å². The van der Waals surface area contributed by atoms with Gasteiger partial charge in [-0.3, -0.25) is 19.4 Å². The number of rotatable bonds is 12. The first-order chi connectivity index (χ1) is 18.7. The fourth-order valence-corrected chi connectivity index (χ4v) is 4.36. The molecular weight excluding hydrogens is 502 g/mol. The zero-order chi connectivity index (χ0) is 28.5. The molecule has 0 spiro atoms. The summed E-state index contributed by atoms with van der Waals surface area (Å²) < 4.78 is 22.3. The summed E-state index contributed by atoms with van der Waals surface area (Å²) in [7, 11) is 4.80. The average Bonchev–Trinajstić information content (AvgIpc) is 2.91. The first kappa shape index (κ1) is 29.7. The molecule has 0 aliphatic carbocycles. The number of amides is 1. The van der Waals surface area contributed by atoms with Crippen LogP contribution in [-0.2, 0) is 6.54 Å². The van der Waals surface area contributed by atoms with Crippen LogP contribution in [0.4, 0.5) is 0 Å². The minimum absolute atomic E-state index is 0.0980. The lowest BCUT2D eigenvalue weighted by molar-refractivity contribution is 0.0842. The standard InChI is InChI=1S/C28H39N5O6/c1-18(2)17-39-23-8-6-19(14-21(23)27(35)31-28(29)30)22(34)16-33-12-10-32(11-13-33)15-20-7-9-24(36-3)26(38-5)25(20)37-4/h6-9,14,18H,10-13,15-17H2,1-5H3,(H4,29,30,31,35). The van der Waals surface area contributed by atoms with Gasteiger partial charge >= 0.3 is 0 Å². The fraction of sp³-hybridized carbons (Fsp3) is 0.464. The molecule has 0 unspecified atom stereocenters. The van der Waals surface area contributed by atoms with Gasteiger partial charge < -0.3 is 30.4 Å². The Labute approximate surface area is 229 Å². The van der Waals surface area contributed by atoms with E-state index >= 15 is 0 Å². The van der Waals surface area contributed by atoms with Gasteiger partial charge in [-0.05, 0) is 30.2 Å². The largest absolute Gasteiger partial charge is 0.493 e. The van der Waals surface area contributed by atoms with E-state index in [0.29, 0.717) is 41.7 Å². The minimum Gasteiger partial charge on any atom is -0.493 e. The average molecular weight is 542 g/mol. The first-order valence-electron chi connectivity index (χ1n) is 12.8. The van der Waals surface area contributed by atoms with Gasteiger partial charge in [0, 0.05) is 43.9 Å². The summed E-state index contributed by atoms with van der Waals surface area (Å²) in [5.74, 6) is 1.33. The van der Waals surface area contributed by atoms with E-state index in [-0.39, 0.29) is 29.8 Å². The Morgan fingerprint density at radius 2 is 1.54 bits per heavy atom. The van der Waals surface area contributed by atoms with Crippen LogP contribution < -0.4 is 30.4 Å². The molecule has 0 bridgehead atoms. The van der Waals surface area contributed by atoms with Crippen molar-refractivity contribution in [1.82, 2.24) is 9.80 Å². The van der Waals surface area contributed by atoms with Gasteiger partial charge in [0.1, 0.15) is 5.75 Å². The van der Waals surface area contributed by atoms with Crippen LogP contribution in [0.25, 0.3) is 0 Å². The summed E-state index contributed by atoms with van der Waals surface area (Å²) >= 11 is 0. The van der Waals surface area contributed by atoms with E-state index < -0.39 is 5.91 Å². The molecule has 11 nitrogen and oxygen atoms in total. The molecule has 1 aliphatic heterocycles. The quantitative estimate of drug-likeness (QED) is 0.233. The second-order valence-corrected chi connectivity index (χ2v) is 9.73. The molecule has 2 aromatic rings. The molecule has 11 heteroatoms. The molecule has 1 aliphatic rings. The topological polar surface area (TPSA) is 142 Å². The zero-order valence-corrected chi connectivity index (χ0v) is 23.4. The number of nitrogens with two attached hydrogens (primary N) is 2. The number of aliphatic imine (C=N–C) groups is 1. The van der Waals surface area contributed by atoms with Gasteiger partial charge in [0.2, 0.25) is 5.75 Å². The van der Waals surface area contributed by atoms with E-state index in [4.69, 9.17) is 30.4 Å². The van der Waals surface area contributed by atoms with Crippen LogP contribution in [0.3, 0.4) is 0 Å². The number of guanidine groups is 1. The predicted octanol–water partition coefficient (Wildman–Crippen LogP) is 2.16. The molecule has 212 valence electrons. The van der Waals surface area contributed by atoms with E-state index in [0.717, 1.165) is 31.7 Å². The Morgan fingerprint density at radius 1 is 0.897 bits per heavy atom. The van der Waals surface area contributed by atoms with Gasteiger partial charge in [-0.2, -0.15) is 4.99 Å². The number of benzene rings is 2. The van der Waals surface area contributed by atoms with Gasteiger partial charge in [0.05, 0.1) is 40.0 Å². The Kier molecular flexibility index (Phi) is 10.5. The summed E-state index contributed by atoms with van der Waals surface area (Å²) in [5.41, 5.74) is 12.4. The maximum atomic E-state index is 13.1. The van der Waals surface area contributed by atoms with Crippen LogP contribution in [0, 0.1) is 5.92 Å². The van der Waals surface area contributed by atoms with Crippen molar-refractivity contribution in [3.63, 3.8) is 0 Å². The van der Waals surface area contributed by atoms with E-state index in [1.54, 1.807) is 33.5 Å². The molecule has 2 aromatic carbocycles. The summed E-state index contributed by atoms with van der Waals surface area (Å²) in [6.45, 7) is 8.32. The molecule has 1 heterocycles. The number of ketones is 1. The second-order valence-electron chi connectivity index (χ2n) is 9.73. The predicted molar refractivity (Wildman–Crippen MR) is 149 cm³/mol. The highest BCUT2D eigenvalue weighted by atomic mass is 16.5. The smallest absolute Gasteiger partial charge is 0.283 e. The van der Waals surface area contributed by atoms with Gasteiger partial charge in [0.15, 0.2) is 23.2 Å². The number of carbonyl (C=O) groups is 2. The number of hydrogen-bond acceptors (Lipinski definition) is 8. The molecule has 1 amide bonds. The summed E-state index contributed by atoms with van der Waals surface area (Å²) in [6.07, 6.45) is 0. The highest BCUT2D eigenvalue weighted by molar-refractivity contribution is 6.06. The minimum atomic E-state index is -0.650. The Balaban J connectivity index is 1.65. The second kappa shape index (κ2) is 13.8. The van der Waals surface area contributed by atoms with Crippen LogP contribution in [0.2, 0.25) is 0 Å². The van der Waals surface area contributed by atoms with E-state index in [1.807, 2.05) is 26.0 Å². The van der Waals surface area contributed by atoms with Crippen molar-refractivity contribution in [1.29, 1.82) is 0 Å². The number of methoxy groups -OCH3 is 3. The van der Waals surface area contributed by atoms with Crippen molar-refractivity contribution in [2.24, 2.45) is 22.4 Å². The van der Waals surface area contributed by atoms with Crippen molar-refractivity contribution in [2.75, 3.05) is 60.7 Å². The fourth-order valence-electron chi connectivity index (χ4n) is 4.36. The number of Topliss-reactive ketones (excluding diaryl/α,β-unsaturated/α-hetero) is 1. The van der Waals surface area contributed by atoms with Crippen molar-refractivity contribution in [2.45, 2.75) is 20.4 Å². The molecule has 1 fully saturated rings. The molecule has 39 heavy (non-hydrogen) atoms. The van der Waals surface area contributed by atoms with Gasteiger partial charge in [0.25, 0.3) is 5.91 Å². The highest BCUT2D eigenvalue weighted by Gasteiger charge is 2.24. The summed E-state index contributed by atoms with van der Waals surface area (Å²) in [4.78, 5) is 33.8. The van der Waals surface area contributed by atoms with E-state index in [2.05, 4.69) is 14.8 Å². The zero-order valence-electron chi connectivity index (χ0n) is 23.4. The van der Waals surface area contributed by atoms with Crippen LogP contribution in [0.1, 0.15) is 40.1 Å². The monoisotopic (exact) mass is 541 g/mol.